The summed E-state index contributed by atoms with van der Waals surface area (Å²) in [5.41, 5.74) is 0.915. The number of fused-ring (bicyclic) bond motifs is 1. The summed E-state index contributed by atoms with van der Waals surface area (Å²) < 4.78 is 1.48. The lowest BCUT2D eigenvalue weighted by atomic mass is 10.2. The molecule has 0 aliphatic heterocycles. The molecule has 0 aliphatic carbocycles. The summed E-state index contributed by atoms with van der Waals surface area (Å²) in [6.07, 6.45) is 4.39. The second kappa shape index (κ2) is 10.8. The van der Waals surface area contributed by atoms with E-state index in [4.69, 9.17) is 23.2 Å². The lowest BCUT2D eigenvalue weighted by Crippen LogP contribution is -2.27. The standard InChI is InChI=1S/C22H23Cl2N3O2S/c1-2-3-4-7-12-25-20(28)14-30-22-26-19-9-6-5-8-16(19)21(29)27(22)15-10-11-17(23)18(24)13-15/h5-6,8-11,13H,2-4,7,12,14H2,1H3,(H,25,28). The van der Waals surface area contributed by atoms with Crippen molar-refractivity contribution in [3.05, 3.63) is 62.9 Å². The zero-order valence-electron chi connectivity index (χ0n) is 16.7. The van der Waals surface area contributed by atoms with Gasteiger partial charge in [0.1, 0.15) is 0 Å². The molecule has 5 nitrogen and oxygen atoms in total. The molecule has 0 atom stereocenters. The zero-order valence-corrected chi connectivity index (χ0v) is 19.0. The van der Waals surface area contributed by atoms with Gasteiger partial charge in [0.2, 0.25) is 5.91 Å². The largest absolute Gasteiger partial charge is 0.355 e. The normalized spacial score (nSPS) is 11.0. The summed E-state index contributed by atoms with van der Waals surface area (Å²) in [7, 11) is 0. The molecule has 8 heteroatoms. The van der Waals surface area contributed by atoms with E-state index in [0.29, 0.717) is 38.3 Å². The van der Waals surface area contributed by atoms with Gasteiger partial charge in [-0.3, -0.25) is 14.2 Å². The van der Waals surface area contributed by atoms with Crippen LogP contribution in [0.5, 0.6) is 0 Å². The number of hydrogen-bond acceptors (Lipinski definition) is 4. The van der Waals surface area contributed by atoms with Crippen LogP contribution in [-0.4, -0.2) is 27.8 Å². The van der Waals surface area contributed by atoms with Gasteiger partial charge in [0.05, 0.1) is 32.4 Å². The minimum atomic E-state index is -0.221. The van der Waals surface area contributed by atoms with E-state index in [1.54, 1.807) is 36.4 Å². The molecule has 0 spiro atoms. The third kappa shape index (κ3) is 5.56. The first-order valence-electron chi connectivity index (χ1n) is 9.88. The highest BCUT2D eigenvalue weighted by molar-refractivity contribution is 7.99. The van der Waals surface area contributed by atoms with E-state index >= 15 is 0 Å². The quantitative estimate of drug-likeness (QED) is 0.259. The van der Waals surface area contributed by atoms with Crippen LogP contribution in [0.2, 0.25) is 10.0 Å². The number of unbranched alkanes of at least 4 members (excludes halogenated alkanes) is 3. The van der Waals surface area contributed by atoms with Gasteiger partial charge < -0.3 is 5.32 Å². The predicted molar refractivity (Wildman–Crippen MR) is 125 cm³/mol. The number of carbonyl (C=O) groups excluding carboxylic acids is 1. The van der Waals surface area contributed by atoms with Crippen molar-refractivity contribution in [3.63, 3.8) is 0 Å². The second-order valence-corrected chi connectivity index (χ2v) is 8.61. The van der Waals surface area contributed by atoms with Crippen LogP contribution in [0.3, 0.4) is 0 Å². The fourth-order valence-corrected chi connectivity index (χ4v) is 4.16. The summed E-state index contributed by atoms with van der Waals surface area (Å²) in [6.45, 7) is 2.81. The lowest BCUT2D eigenvalue weighted by molar-refractivity contribution is -0.118. The molecule has 1 N–H and O–H groups in total. The third-order valence-electron chi connectivity index (χ3n) is 4.59. The van der Waals surface area contributed by atoms with Gasteiger partial charge in [0.25, 0.3) is 5.56 Å². The van der Waals surface area contributed by atoms with Crippen LogP contribution >= 0.6 is 35.0 Å². The number of halogens is 2. The first-order chi connectivity index (χ1) is 14.5. The van der Waals surface area contributed by atoms with Crippen LogP contribution < -0.4 is 10.9 Å². The molecular formula is C22H23Cl2N3O2S. The molecule has 0 bridgehead atoms. The highest BCUT2D eigenvalue weighted by Gasteiger charge is 2.15. The number of nitrogens with one attached hydrogen (secondary N) is 1. The average Bonchev–Trinajstić information content (AvgIpc) is 2.74. The van der Waals surface area contributed by atoms with Crippen molar-refractivity contribution in [2.45, 2.75) is 37.8 Å². The Kier molecular flexibility index (Phi) is 8.19. The monoisotopic (exact) mass is 463 g/mol. The zero-order chi connectivity index (χ0) is 21.5. The van der Waals surface area contributed by atoms with Gasteiger partial charge in [-0.2, -0.15) is 0 Å². The fraction of sp³-hybridized carbons (Fsp3) is 0.318. The highest BCUT2D eigenvalue weighted by atomic mass is 35.5. The SMILES string of the molecule is CCCCCCNC(=O)CSc1nc2ccccc2c(=O)n1-c1ccc(Cl)c(Cl)c1. The number of aromatic nitrogens is 2. The van der Waals surface area contributed by atoms with E-state index in [1.165, 1.54) is 22.7 Å². The molecule has 0 fully saturated rings. The molecule has 0 saturated carbocycles. The Morgan fingerprint density at radius 2 is 1.90 bits per heavy atom. The number of hydrogen-bond donors (Lipinski definition) is 1. The van der Waals surface area contributed by atoms with Crippen LogP contribution in [0, 0.1) is 0 Å². The maximum absolute atomic E-state index is 13.2. The lowest BCUT2D eigenvalue weighted by Gasteiger charge is -2.14. The topological polar surface area (TPSA) is 64.0 Å². The molecule has 0 aliphatic rings. The molecule has 3 rings (SSSR count). The van der Waals surface area contributed by atoms with Crippen molar-refractivity contribution < 1.29 is 4.79 Å². The van der Waals surface area contributed by atoms with Gasteiger partial charge in [-0.15, -0.1) is 0 Å². The summed E-state index contributed by atoms with van der Waals surface area (Å²) in [5, 5.41) is 4.59. The van der Waals surface area contributed by atoms with Gasteiger partial charge >= 0.3 is 0 Å². The molecule has 30 heavy (non-hydrogen) atoms. The number of rotatable bonds is 9. The smallest absolute Gasteiger partial charge is 0.266 e. The van der Waals surface area contributed by atoms with Gasteiger partial charge in [-0.05, 0) is 36.8 Å². The molecule has 1 amide bonds. The number of amides is 1. The summed E-state index contributed by atoms with van der Waals surface area (Å²) in [6, 6.07) is 12.1. The number of carbonyl (C=O) groups is 1. The van der Waals surface area contributed by atoms with Crippen LogP contribution in [0.1, 0.15) is 32.6 Å². The van der Waals surface area contributed by atoms with Crippen molar-refractivity contribution in [1.82, 2.24) is 14.9 Å². The minimum absolute atomic E-state index is 0.0837. The van der Waals surface area contributed by atoms with Gasteiger partial charge in [0, 0.05) is 6.54 Å². The molecule has 3 aromatic rings. The van der Waals surface area contributed by atoms with E-state index < -0.39 is 0 Å². The van der Waals surface area contributed by atoms with E-state index in [2.05, 4.69) is 17.2 Å². The number of thioether (sulfide) groups is 1. The van der Waals surface area contributed by atoms with E-state index in [0.717, 1.165) is 19.3 Å². The molecule has 0 unspecified atom stereocenters. The maximum Gasteiger partial charge on any atom is 0.266 e. The van der Waals surface area contributed by atoms with Gasteiger partial charge in [0.15, 0.2) is 5.16 Å². The first-order valence-corrected chi connectivity index (χ1v) is 11.6. The van der Waals surface area contributed by atoms with Crippen LogP contribution in [0.15, 0.2) is 52.4 Å². The molecule has 2 aromatic carbocycles. The molecule has 1 heterocycles. The summed E-state index contributed by atoms with van der Waals surface area (Å²) in [5.74, 6) is 0.0828. The second-order valence-electron chi connectivity index (χ2n) is 6.85. The summed E-state index contributed by atoms with van der Waals surface area (Å²) in [4.78, 5) is 30.1. The number of para-hydroxylation sites is 1. The molecule has 0 radical (unpaired) electrons. The van der Waals surface area contributed by atoms with Crippen molar-refractivity contribution in [1.29, 1.82) is 0 Å². The summed E-state index contributed by atoms with van der Waals surface area (Å²) >= 11 is 13.4. The Morgan fingerprint density at radius 3 is 2.67 bits per heavy atom. The van der Waals surface area contributed by atoms with E-state index in [9.17, 15) is 9.59 Å². The predicted octanol–water partition coefficient (Wildman–Crippen LogP) is 5.48. The van der Waals surface area contributed by atoms with Crippen LogP contribution in [-0.2, 0) is 4.79 Å². The van der Waals surface area contributed by atoms with Gasteiger partial charge in [-0.1, -0.05) is 73.3 Å². The Hall–Kier alpha value is -2.02. The van der Waals surface area contributed by atoms with Crippen molar-refractivity contribution >= 4 is 51.8 Å². The van der Waals surface area contributed by atoms with Crippen LogP contribution in [0.4, 0.5) is 0 Å². The van der Waals surface area contributed by atoms with Crippen molar-refractivity contribution in [3.8, 4) is 5.69 Å². The Morgan fingerprint density at radius 1 is 1.10 bits per heavy atom. The number of nitrogens with zero attached hydrogens (tertiary/aromatic N) is 2. The number of benzene rings is 2. The maximum atomic E-state index is 13.2. The molecule has 158 valence electrons. The molecule has 0 saturated heterocycles. The minimum Gasteiger partial charge on any atom is -0.355 e. The Bertz CT molecular complexity index is 1100. The highest BCUT2D eigenvalue weighted by Crippen LogP contribution is 2.27. The fourth-order valence-electron chi connectivity index (χ4n) is 3.02. The Labute approximate surface area is 189 Å². The van der Waals surface area contributed by atoms with Gasteiger partial charge in [-0.25, -0.2) is 4.98 Å². The molecular weight excluding hydrogens is 441 g/mol. The van der Waals surface area contributed by atoms with E-state index in [-0.39, 0.29) is 17.2 Å². The van der Waals surface area contributed by atoms with Crippen LogP contribution in [0.25, 0.3) is 16.6 Å². The van der Waals surface area contributed by atoms with Crippen molar-refractivity contribution in [2.75, 3.05) is 12.3 Å². The van der Waals surface area contributed by atoms with E-state index in [1.807, 2.05) is 6.07 Å². The Balaban J connectivity index is 1.86. The molecule has 1 aromatic heterocycles. The average molecular weight is 464 g/mol. The van der Waals surface area contributed by atoms with Crippen molar-refractivity contribution in [2.24, 2.45) is 0 Å². The first kappa shape index (κ1) is 22.7. The third-order valence-corrected chi connectivity index (χ3v) is 6.27.